The van der Waals surface area contributed by atoms with Gasteiger partial charge in [0.25, 0.3) is 5.91 Å². The van der Waals surface area contributed by atoms with Gasteiger partial charge in [-0.05, 0) is 42.4 Å². The van der Waals surface area contributed by atoms with E-state index in [-0.39, 0.29) is 47.7 Å². The number of benzene rings is 2. The molecule has 1 saturated heterocycles. The van der Waals surface area contributed by atoms with E-state index in [2.05, 4.69) is 25.8 Å². The van der Waals surface area contributed by atoms with E-state index in [1.807, 2.05) is 7.05 Å². The van der Waals surface area contributed by atoms with Crippen molar-refractivity contribution in [3.05, 3.63) is 88.3 Å². The Morgan fingerprint density at radius 3 is 2.40 bits per heavy atom. The molecule has 0 spiro atoms. The van der Waals surface area contributed by atoms with Crippen LogP contribution in [0.1, 0.15) is 30.0 Å². The summed E-state index contributed by atoms with van der Waals surface area (Å²) in [5.74, 6) is -7.19. The minimum atomic E-state index is -4.10. The molecule has 1 aliphatic heterocycles. The lowest BCUT2D eigenvalue weighted by atomic mass is 9.90. The van der Waals surface area contributed by atoms with Gasteiger partial charge in [-0.25, -0.2) is 9.37 Å². The van der Waals surface area contributed by atoms with Gasteiger partial charge in [0.15, 0.2) is 0 Å². The van der Waals surface area contributed by atoms with E-state index < -0.39 is 41.3 Å². The van der Waals surface area contributed by atoms with Gasteiger partial charge < -0.3 is 35.3 Å². The van der Waals surface area contributed by atoms with Gasteiger partial charge in [-0.1, -0.05) is 42.8 Å². The second kappa shape index (κ2) is 16.8. The first-order chi connectivity index (χ1) is 23.8. The van der Waals surface area contributed by atoms with Crippen molar-refractivity contribution in [3.63, 3.8) is 0 Å². The molecule has 1 fully saturated rings. The Balaban J connectivity index is 1.55. The Morgan fingerprint density at radius 1 is 1.08 bits per heavy atom. The van der Waals surface area contributed by atoms with Crippen LogP contribution in [0.15, 0.2) is 60.8 Å². The summed E-state index contributed by atoms with van der Waals surface area (Å²) in [6.07, 6.45) is 0.973. The minimum Gasteiger partial charge on any atom is -0.481 e. The van der Waals surface area contributed by atoms with Crippen molar-refractivity contribution in [2.75, 3.05) is 52.2 Å². The number of methoxy groups -OCH3 is 1. The van der Waals surface area contributed by atoms with Crippen LogP contribution in [0.5, 0.6) is 5.88 Å². The van der Waals surface area contributed by atoms with Gasteiger partial charge in [0.2, 0.25) is 17.7 Å². The zero-order valence-corrected chi connectivity index (χ0v) is 28.7. The number of halogens is 4. The average Bonchev–Trinajstić information content (AvgIpc) is 3.11. The van der Waals surface area contributed by atoms with Crippen LogP contribution in [0, 0.1) is 5.82 Å². The van der Waals surface area contributed by atoms with Crippen LogP contribution in [0.3, 0.4) is 0 Å². The normalized spacial score (nSPS) is 15.4. The van der Waals surface area contributed by atoms with Crippen LogP contribution in [0.2, 0.25) is 5.02 Å². The fourth-order valence-corrected chi connectivity index (χ4v) is 5.63. The zero-order valence-electron chi connectivity index (χ0n) is 28.0. The van der Waals surface area contributed by atoms with Crippen LogP contribution in [-0.2, 0) is 37.9 Å². The number of pyridine rings is 1. The fourth-order valence-electron chi connectivity index (χ4n) is 5.43. The Bertz CT molecular complexity index is 1670. The molecule has 0 unspecified atom stereocenters. The largest absolute Gasteiger partial charge is 0.481 e. The fraction of sp³-hybridized carbons (Fsp3) is 0.400. The van der Waals surface area contributed by atoms with Gasteiger partial charge >= 0.3 is 5.92 Å². The Hall–Kier alpha value is -4.69. The molecular weight excluding hydrogens is 677 g/mol. The lowest BCUT2D eigenvalue weighted by Gasteiger charge is -2.35. The molecule has 50 heavy (non-hydrogen) atoms. The monoisotopic (exact) mass is 716 g/mol. The summed E-state index contributed by atoms with van der Waals surface area (Å²) >= 11 is 6.33. The third-order valence-corrected chi connectivity index (χ3v) is 8.85. The minimum absolute atomic E-state index is 0.0181. The van der Waals surface area contributed by atoms with Gasteiger partial charge in [0.1, 0.15) is 23.7 Å². The predicted octanol–water partition coefficient (Wildman–Crippen LogP) is 3.59. The number of aldehydes is 1. The number of aromatic nitrogens is 1. The van der Waals surface area contributed by atoms with Crippen molar-refractivity contribution in [1.82, 2.24) is 25.4 Å². The van der Waals surface area contributed by atoms with Gasteiger partial charge in [0, 0.05) is 74.8 Å². The first-order valence-corrected chi connectivity index (χ1v) is 16.4. The maximum Gasteiger partial charge on any atom is 0.351 e. The summed E-state index contributed by atoms with van der Waals surface area (Å²) in [6, 6.07) is 11.7. The van der Waals surface area contributed by atoms with Crippen molar-refractivity contribution >= 4 is 41.3 Å². The maximum atomic E-state index is 15.5. The summed E-state index contributed by atoms with van der Waals surface area (Å²) in [5.41, 5.74) is -2.06. The topological polar surface area (TPSA) is 133 Å². The average molecular weight is 717 g/mol. The maximum absolute atomic E-state index is 15.5. The summed E-state index contributed by atoms with van der Waals surface area (Å²) in [7, 11) is 3.26. The van der Waals surface area contributed by atoms with E-state index in [1.165, 1.54) is 25.3 Å². The number of nitrogens with zero attached hydrogens (tertiary/aromatic N) is 3. The molecular formula is C35H40ClF3N6O5. The molecule has 3 amide bonds. The third kappa shape index (κ3) is 9.51. The standard InChI is InChI=1S/C35H40ClF3N6O5/c1-4-30(47)42-29(32(48)45-15-13-44(2)14-16-45)18-23-9-11-28(27(37)17-23)41-21-34(22-46,19-24-7-5-6-8-26(24)36)43-33(49)35(38,39)25-10-12-31(50-3)40-20-25/h5-12,17,20,22,29,41H,4,13-16,18-19,21H2,1-3H3,(H,42,47)(H,43,49)/t29-,34-/m1/s1. The van der Waals surface area contributed by atoms with Gasteiger partial charge in [0.05, 0.1) is 12.8 Å². The number of likely N-dealkylation sites (N-methyl/N-ethyl adjacent to an activating group) is 1. The highest BCUT2D eigenvalue weighted by atomic mass is 35.5. The number of piperazine rings is 1. The smallest absolute Gasteiger partial charge is 0.351 e. The molecule has 4 rings (SSSR count). The number of hydrogen-bond donors (Lipinski definition) is 3. The number of nitrogens with one attached hydrogen (secondary N) is 3. The molecule has 0 aliphatic carbocycles. The number of ether oxygens (including phenoxy) is 1. The first kappa shape index (κ1) is 38.1. The number of alkyl halides is 2. The van der Waals surface area contributed by atoms with Crippen molar-refractivity contribution in [3.8, 4) is 5.88 Å². The van der Waals surface area contributed by atoms with Crippen molar-refractivity contribution in [2.45, 2.75) is 43.7 Å². The molecule has 268 valence electrons. The zero-order chi connectivity index (χ0) is 36.5. The number of anilines is 1. The number of amides is 3. The number of rotatable bonds is 15. The van der Waals surface area contributed by atoms with Crippen LogP contribution < -0.4 is 20.7 Å². The summed E-state index contributed by atoms with van der Waals surface area (Å²) in [4.78, 5) is 58.9. The molecule has 0 bridgehead atoms. The summed E-state index contributed by atoms with van der Waals surface area (Å²) in [5, 5.41) is 7.91. The number of hydrogen-bond acceptors (Lipinski definition) is 8. The molecule has 2 aromatic carbocycles. The molecule has 0 saturated carbocycles. The number of carbonyl (C=O) groups is 4. The van der Waals surface area contributed by atoms with E-state index >= 15 is 13.2 Å². The van der Waals surface area contributed by atoms with Gasteiger partial charge in [-0.3, -0.25) is 14.4 Å². The molecule has 2 atom stereocenters. The molecule has 15 heteroatoms. The van der Waals surface area contributed by atoms with Crippen molar-refractivity contribution in [2.24, 2.45) is 0 Å². The number of carbonyl (C=O) groups excluding carboxylic acids is 4. The van der Waals surface area contributed by atoms with Crippen LogP contribution >= 0.6 is 11.6 Å². The third-order valence-electron chi connectivity index (χ3n) is 8.48. The van der Waals surface area contributed by atoms with Crippen molar-refractivity contribution < 1.29 is 37.1 Å². The molecule has 0 radical (unpaired) electrons. The lowest BCUT2D eigenvalue weighted by molar-refractivity contribution is -0.150. The van der Waals surface area contributed by atoms with E-state index in [4.69, 9.17) is 16.3 Å². The van der Waals surface area contributed by atoms with Gasteiger partial charge in [-0.15, -0.1) is 0 Å². The van der Waals surface area contributed by atoms with E-state index in [0.29, 0.717) is 43.6 Å². The molecule has 2 heterocycles. The molecule has 11 nitrogen and oxygen atoms in total. The Kier molecular flexibility index (Phi) is 12.8. The lowest BCUT2D eigenvalue weighted by Crippen LogP contribution is -2.59. The highest BCUT2D eigenvalue weighted by Gasteiger charge is 2.46. The SMILES string of the molecule is CCC(=O)N[C@H](Cc1ccc(NC[C@@](C=O)(Cc2ccccc2Cl)NC(=O)C(F)(F)c2ccc(OC)nc2)c(F)c1)C(=O)N1CCN(C)CC1. The Labute approximate surface area is 293 Å². The molecule has 3 N–H and O–H groups in total. The van der Waals surface area contributed by atoms with Crippen LogP contribution in [0.4, 0.5) is 18.9 Å². The molecule has 1 aliphatic rings. The summed E-state index contributed by atoms with van der Waals surface area (Å²) in [6.45, 7) is 3.53. The second-order valence-electron chi connectivity index (χ2n) is 12.1. The van der Waals surface area contributed by atoms with Gasteiger partial charge in [-0.2, -0.15) is 8.78 Å². The Morgan fingerprint density at radius 2 is 1.80 bits per heavy atom. The molecule has 1 aromatic heterocycles. The van der Waals surface area contributed by atoms with Crippen LogP contribution in [0.25, 0.3) is 0 Å². The van der Waals surface area contributed by atoms with E-state index in [1.54, 1.807) is 42.2 Å². The second-order valence-corrected chi connectivity index (χ2v) is 12.5. The highest BCUT2D eigenvalue weighted by Crippen LogP contribution is 2.30. The van der Waals surface area contributed by atoms with Crippen molar-refractivity contribution in [1.29, 1.82) is 0 Å². The highest BCUT2D eigenvalue weighted by molar-refractivity contribution is 6.31. The summed E-state index contributed by atoms with van der Waals surface area (Å²) < 4.78 is 51.2. The van der Waals surface area contributed by atoms with E-state index in [0.717, 1.165) is 12.3 Å². The first-order valence-electron chi connectivity index (χ1n) is 16.0. The predicted molar refractivity (Wildman–Crippen MR) is 182 cm³/mol. The van der Waals surface area contributed by atoms with E-state index in [9.17, 15) is 19.2 Å². The quantitative estimate of drug-likeness (QED) is 0.204. The van der Waals surface area contributed by atoms with Crippen LogP contribution in [-0.4, -0.2) is 97.3 Å². The molecule has 3 aromatic rings.